The number of nitrogens with zero attached hydrogens (tertiary/aromatic N) is 1. The maximum absolute atomic E-state index is 12.7. The van der Waals surface area contributed by atoms with Gasteiger partial charge < -0.3 is 10.1 Å². The van der Waals surface area contributed by atoms with Gasteiger partial charge in [-0.05, 0) is 77.3 Å². The van der Waals surface area contributed by atoms with Gasteiger partial charge in [-0.25, -0.2) is 0 Å². The fourth-order valence-corrected chi connectivity index (χ4v) is 4.31. The van der Waals surface area contributed by atoms with Gasteiger partial charge in [0.05, 0.1) is 6.61 Å². The molecule has 35 heavy (non-hydrogen) atoms. The number of carbonyl (C=O) groups excluding carboxylic acids is 1. The van der Waals surface area contributed by atoms with Gasteiger partial charge in [0, 0.05) is 18.9 Å². The van der Waals surface area contributed by atoms with E-state index in [1.165, 1.54) is 16.7 Å². The van der Waals surface area contributed by atoms with Gasteiger partial charge in [-0.2, -0.15) is 11.8 Å². The zero-order valence-corrected chi connectivity index (χ0v) is 21.8. The molecule has 4 nitrogen and oxygen atoms in total. The molecule has 0 fully saturated rings. The molecule has 0 aliphatic heterocycles. The lowest BCUT2D eigenvalue weighted by atomic mass is 9.93. The number of aromatic nitrogens is 1. The zero-order chi connectivity index (χ0) is 24.9. The molecule has 0 aliphatic carbocycles. The molecule has 3 aromatic rings. The zero-order valence-electron chi connectivity index (χ0n) is 21.0. The van der Waals surface area contributed by atoms with Crippen molar-refractivity contribution in [2.45, 2.75) is 45.7 Å². The Hall–Kier alpha value is -2.89. The van der Waals surface area contributed by atoms with Crippen LogP contribution in [0.3, 0.4) is 0 Å². The summed E-state index contributed by atoms with van der Waals surface area (Å²) in [7, 11) is 0. The molecule has 2 aromatic carbocycles. The molecule has 0 unspecified atom stereocenters. The standard InChI is InChI=1S/C30H36N2O2S/c1-4-5-18-34-30(33)29(16-19-35-3)32-22-26-15-14-24(12-13-25-10-8-17-31-21-25)20-28(26)27-11-7-6-9-23(27)2/h6-15,17,20-21,29,32H,4-5,16,18-19,22H2,1-3H3/t29-/m0/s1. The summed E-state index contributed by atoms with van der Waals surface area (Å²) in [5, 5.41) is 3.49. The van der Waals surface area contributed by atoms with E-state index in [4.69, 9.17) is 4.74 Å². The first-order valence-electron chi connectivity index (χ1n) is 12.3. The number of ether oxygens (including phenoxy) is 1. The molecule has 0 saturated heterocycles. The maximum atomic E-state index is 12.7. The van der Waals surface area contributed by atoms with Crippen LogP contribution in [0.1, 0.15) is 48.4 Å². The third kappa shape index (κ3) is 8.37. The minimum atomic E-state index is -0.311. The first-order chi connectivity index (χ1) is 17.1. The van der Waals surface area contributed by atoms with Crippen LogP contribution < -0.4 is 5.32 Å². The second-order valence-electron chi connectivity index (χ2n) is 8.59. The second-order valence-corrected chi connectivity index (χ2v) is 9.57. The summed E-state index contributed by atoms with van der Waals surface area (Å²) >= 11 is 1.75. The van der Waals surface area contributed by atoms with E-state index in [0.717, 1.165) is 41.7 Å². The average molecular weight is 489 g/mol. The Labute approximate surface area is 214 Å². The highest BCUT2D eigenvalue weighted by molar-refractivity contribution is 7.98. The van der Waals surface area contributed by atoms with Crippen LogP contribution in [0.2, 0.25) is 0 Å². The van der Waals surface area contributed by atoms with Crippen LogP contribution in [0.5, 0.6) is 0 Å². The molecular formula is C30H36N2O2S. The van der Waals surface area contributed by atoms with Gasteiger partial charge in [0.2, 0.25) is 0 Å². The molecule has 0 bridgehead atoms. The Morgan fingerprint density at radius 1 is 1.09 bits per heavy atom. The smallest absolute Gasteiger partial charge is 0.323 e. The lowest BCUT2D eigenvalue weighted by molar-refractivity contribution is -0.146. The number of esters is 1. The average Bonchev–Trinajstić information content (AvgIpc) is 2.89. The molecule has 1 atom stereocenters. The van der Waals surface area contributed by atoms with Crippen molar-refractivity contribution >= 4 is 29.9 Å². The van der Waals surface area contributed by atoms with Gasteiger partial charge in [-0.3, -0.25) is 9.78 Å². The van der Waals surface area contributed by atoms with Crippen LogP contribution in [0.4, 0.5) is 0 Å². The molecular weight excluding hydrogens is 452 g/mol. The largest absolute Gasteiger partial charge is 0.465 e. The molecule has 0 spiro atoms. The van der Waals surface area contributed by atoms with E-state index in [2.05, 4.69) is 85.0 Å². The number of carbonyl (C=O) groups is 1. The van der Waals surface area contributed by atoms with E-state index in [1.807, 2.05) is 18.3 Å². The third-order valence-corrected chi connectivity index (χ3v) is 6.54. The van der Waals surface area contributed by atoms with Crippen molar-refractivity contribution < 1.29 is 9.53 Å². The topological polar surface area (TPSA) is 51.2 Å². The number of hydrogen-bond acceptors (Lipinski definition) is 5. The highest BCUT2D eigenvalue weighted by atomic mass is 32.2. The number of pyridine rings is 1. The molecule has 0 radical (unpaired) electrons. The van der Waals surface area contributed by atoms with Crippen LogP contribution in [0.15, 0.2) is 67.0 Å². The van der Waals surface area contributed by atoms with Gasteiger partial charge in [0.25, 0.3) is 0 Å². The SMILES string of the molecule is CCCCOC(=O)[C@H](CCSC)NCc1ccc(C=Cc2cccnc2)cc1-c1ccccc1C. The second kappa shape index (κ2) is 14.5. The monoisotopic (exact) mass is 488 g/mol. The van der Waals surface area contributed by atoms with Crippen molar-refractivity contribution in [3.05, 3.63) is 89.2 Å². The van der Waals surface area contributed by atoms with E-state index >= 15 is 0 Å². The first kappa shape index (κ1) is 26.7. The van der Waals surface area contributed by atoms with Crippen molar-refractivity contribution in [2.75, 3.05) is 18.6 Å². The first-order valence-corrected chi connectivity index (χ1v) is 13.7. The number of hydrogen-bond donors (Lipinski definition) is 1. The van der Waals surface area contributed by atoms with Gasteiger partial charge in [0.1, 0.15) is 6.04 Å². The Kier molecular flexibility index (Phi) is 11.1. The normalized spacial score (nSPS) is 12.1. The van der Waals surface area contributed by atoms with Crippen molar-refractivity contribution in [2.24, 2.45) is 0 Å². The predicted octanol–water partition coefficient (Wildman–Crippen LogP) is 6.78. The molecule has 0 amide bonds. The number of unbranched alkanes of at least 4 members (excludes halogenated alkanes) is 1. The van der Waals surface area contributed by atoms with E-state index < -0.39 is 0 Å². The third-order valence-electron chi connectivity index (χ3n) is 5.90. The van der Waals surface area contributed by atoms with Crippen molar-refractivity contribution in [3.8, 4) is 11.1 Å². The summed E-state index contributed by atoms with van der Waals surface area (Å²) in [5.74, 6) is 0.754. The molecule has 1 aromatic heterocycles. The molecule has 3 rings (SSSR count). The molecule has 1 N–H and O–H groups in total. The Morgan fingerprint density at radius 3 is 2.66 bits per heavy atom. The maximum Gasteiger partial charge on any atom is 0.323 e. The lowest BCUT2D eigenvalue weighted by Crippen LogP contribution is -2.38. The summed E-state index contributed by atoms with van der Waals surface area (Å²) in [6, 6.07) is 18.6. The number of thioether (sulfide) groups is 1. The number of aryl methyl sites for hydroxylation is 1. The Morgan fingerprint density at radius 2 is 1.91 bits per heavy atom. The van der Waals surface area contributed by atoms with E-state index in [0.29, 0.717) is 13.2 Å². The summed E-state index contributed by atoms with van der Waals surface area (Å²) in [4.78, 5) is 16.9. The highest BCUT2D eigenvalue weighted by Crippen LogP contribution is 2.29. The fourth-order valence-electron chi connectivity index (χ4n) is 3.83. The fraction of sp³-hybridized carbons (Fsp3) is 0.333. The predicted molar refractivity (Wildman–Crippen MR) is 149 cm³/mol. The van der Waals surface area contributed by atoms with E-state index in [9.17, 15) is 4.79 Å². The Bertz CT molecular complexity index is 1100. The summed E-state index contributed by atoms with van der Waals surface area (Å²) in [6.07, 6.45) is 12.5. The molecule has 1 heterocycles. The molecule has 184 valence electrons. The van der Waals surface area contributed by atoms with Crippen LogP contribution >= 0.6 is 11.8 Å². The summed E-state index contributed by atoms with van der Waals surface area (Å²) < 4.78 is 5.53. The molecule has 0 aliphatic rings. The van der Waals surface area contributed by atoms with Crippen molar-refractivity contribution in [1.29, 1.82) is 0 Å². The number of rotatable bonds is 13. The minimum Gasteiger partial charge on any atom is -0.465 e. The van der Waals surface area contributed by atoms with Gasteiger partial charge in [-0.1, -0.05) is 68.0 Å². The van der Waals surface area contributed by atoms with E-state index in [1.54, 1.807) is 18.0 Å². The van der Waals surface area contributed by atoms with Crippen LogP contribution in [-0.4, -0.2) is 35.6 Å². The number of benzene rings is 2. The summed E-state index contributed by atoms with van der Waals surface area (Å²) in [5.41, 5.74) is 6.94. The van der Waals surface area contributed by atoms with E-state index in [-0.39, 0.29) is 12.0 Å². The quantitative estimate of drug-likeness (QED) is 0.212. The van der Waals surface area contributed by atoms with Gasteiger partial charge in [-0.15, -0.1) is 0 Å². The Balaban J connectivity index is 1.84. The van der Waals surface area contributed by atoms with Gasteiger partial charge in [0.15, 0.2) is 0 Å². The van der Waals surface area contributed by atoms with Crippen LogP contribution in [0.25, 0.3) is 23.3 Å². The summed E-state index contributed by atoms with van der Waals surface area (Å²) in [6.45, 7) is 5.31. The highest BCUT2D eigenvalue weighted by Gasteiger charge is 2.20. The van der Waals surface area contributed by atoms with Crippen LogP contribution in [-0.2, 0) is 16.1 Å². The molecule has 0 saturated carbocycles. The lowest BCUT2D eigenvalue weighted by Gasteiger charge is -2.19. The van der Waals surface area contributed by atoms with Crippen molar-refractivity contribution in [1.82, 2.24) is 10.3 Å². The molecule has 5 heteroatoms. The van der Waals surface area contributed by atoms with Crippen LogP contribution in [0, 0.1) is 6.92 Å². The minimum absolute atomic E-state index is 0.152. The van der Waals surface area contributed by atoms with Crippen molar-refractivity contribution in [3.63, 3.8) is 0 Å². The number of nitrogens with one attached hydrogen (secondary N) is 1. The van der Waals surface area contributed by atoms with Gasteiger partial charge >= 0.3 is 5.97 Å².